The number of nitrogens with two attached hydrogens (primary N) is 1. The normalized spacial score (nSPS) is 12.0. The van der Waals surface area contributed by atoms with Crippen molar-refractivity contribution in [3.8, 4) is 6.07 Å². The van der Waals surface area contributed by atoms with Crippen molar-refractivity contribution in [1.29, 1.82) is 5.26 Å². The zero-order valence-electron chi connectivity index (χ0n) is 10.1. The van der Waals surface area contributed by atoms with E-state index in [2.05, 4.69) is 4.72 Å². The summed E-state index contributed by atoms with van der Waals surface area (Å²) in [6, 6.07) is 5.53. The van der Waals surface area contributed by atoms with Crippen molar-refractivity contribution in [1.82, 2.24) is 4.72 Å². The number of benzene rings is 1. The molecule has 0 atom stereocenters. The number of hydrogen-bond acceptors (Lipinski definition) is 6. The van der Waals surface area contributed by atoms with Gasteiger partial charge in [0.2, 0.25) is 10.0 Å². The number of rotatable bonds is 5. The van der Waals surface area contributed by atoms with Crippen LogP contribution < -0.4 is 10.5 Å². The molecule has 0 aliphatic heterocycles. The second-order valence-corrected chi connectivity index (χ2v) is 7.89. The van der Waals surface area contributed by atoms with Gasteiger partial charge in [0.1, 0.15) is 15.9 Å². The summed E-state index contributed by atoms with van der Waals surface area (Å²) < 4.78 is 47.8. The molecule has 0 unspecified atom stereocenters. The summed E-state index contributed by atoms with van der Waals surface area (Å²) in [5, 5.41) is 8.87. The molecule has 0 amide bonds. The van der Waals surface area contributed by atoms with Crippen LogP contribution in [0.1, 0.15) is 5.56 Å². The smallest absolute Gasteiger partial charge is 0.241 e. The second kappa shape index (κ2) is 5.56. The maximum atomic E-state index is 11.9. The van der Waals surface area contributed by atoms with Crippen LogP contribution in [0.4, 0.5) is 5.69 Å². The fourth-order valence-corrected chi connectivity index (χ4v) is 3.08. The molecule has 0 fully saturated rings. The first-order valence-electron chi connectivity index (χ1n) is 5.13. The van der Waals surface area contributed by atoms with Crippen molar-refractivity contribution in [3.63, 3.8) is 0 Å². The first-order chi connectivity index (χ1) is 8.65. The summed E-state index contributed by atoms with van der Waals surface area (Å²) in [5.41, 5.74) is 5.64. The van der Waals surface area contributed by atoms with E-state index in [4.69, 9.17) is 11.0 Å². The lowest BCUT2D eigenvalue weighted by atomic mass is 10.2. The molecule has 0 aromatic heterocycles. The van der Waals surface area contributed by atoms with E-state index in [9.17, 15) is 16.8 Å². The highest BCUT2D eigenvalue weighted by Crippen LogP contribution is 2.17. The van der Waals surface area contributed by atoms with E-state index in [0.29, 0.717) is 0 Å². The Balaban J connectivity index is 2.99. The number of nitrogen functional groups attached to an aromatic ring is 1. The third-order valence-electron chi connectivity index (χ3n) is 2.18. The van der Waals surface area contributed by atoms with Gasteiger partial charge in [-0.3, -0.25) is 0 Å². The average Bonchev–Trinajstić information content (AvgIpc) is 2.26. The minimum absolute atomic E-state index is 0.0909. The lowest BCUT2D eigenvalue weighted by Crippen LogP contribution is -2.29. The first-order valence-corrected chi connectivity index (χ1v) is 8.67. The molecule has 1 rings (SSSR count). The maximum absolute atomic E-state index is 11.9. The molecule has 0 aliphatic rings. The van der Waals surface area contributed by atoms with Crippen LogP contribution in [0.3, 0.4) is 0 Å². The van der Waals surface area contributed by atoms with Crippen LogP contribution in [0.5, 0.6) is 0 Å². The van der Waals surface area contributed by atoms with Gasteiger partial charge < -0.3 is 5.73 Å². The third-order valence-corrected chi connectivity index (χ3v) is 4.64. The number of anilines is 1. The van der Waals surface area contributed by atoms with Crippen molar-refractivity contribution < 1.29 is 16.8 Å². The SMILES string of the molecule is CS(=O)(=O)CCNS(=O)(=O)c1ccc(N)cc1C#N. The zero-order chi connectivity index (χ0) is 14.7. The Labute approximate surface area is 112 Å². The Kier molecular flexibility index (Phi) is 4.52. The monoisotopic (exact) mass is 303 g/mol. The molecule has 0 aliphatic carbocycles. The fourth-order valence-electron chi connectivity index (χ4n) is 1.31. The van der Waals surface area contributed by atoms with Crippen molar-refractivity contribution in [3.05, 3.63) is 23.8 Å². The maximum Gasteiger partial charge on any atom is 0.241 e. The number of hydrogen-bond donors (Lipinski definition) is 2. The fraction of sp³-hybridized carbons (Fsp3) is 0.300. The molecule has 0 bridgehead atoms. The number of nitrogens with one attached hydrogen (secondary N) is 1. The van der Waals surface area contributed by atoms with Crippen molar-refractivity contribution >= 4 is 25.5 Å². The number of sulfonamides is 1. The van der Waals surface area contributed by atoms with Gasteiger partial charge in [0, 0.05) is 18.5 Å². The van der Waals surface area contributed by atoms with Gasteiger partial charge in [0.25, 0.3) is 0 Å². The van der Waals surface area contributed by atoms with Crippen LogP contribution in [0, 0.1) is 11.3 Å². The van der Waals surface area contributed by atoms with Crippen LogP contribution in [0.25, 0.3) is 0 Å². The summed E-state index contributed by atoms with van der Waals surface area (Å²) in [7, 11) is -7.20. The van der Waals surface area contributed by atoms with E-state index in [1.165, 1.54) is 18.2 Å². The van der Waals surface area contributed by atoms with Gasteiger partial charge in [-0.1, -0.05) is 0 Å². The molecule has 0 saturated heterocycles. The highest BCUT2D eigenvalue weighted by molar-refractivity contribution is 7.91. The molecular formula is C10H13N3O4S2. The molecule has 0 radical (unpaired) electrons. The van der Waals surface area contributed by atoms with Crippen LogP contribution in [0.2, 0.25) is 0 Å². The average molecular weight is 303 g/mol. The quantitative estimate of drug-likeness (QED) is 0.703. The molecule has 19 heavy (non-hydrogen) atoms. The molecule has 0 saturated carbocycles. The molecule has 7 nitrogen and oxygen atoms in total. The van der Waals surface area contributed by atoms with Gasteiger partial charge in [0.05, 0.1) is 16.2 Å². The van der Waals surface area contributed by atoms with Gasteiger partial charge in [-0.05, 0) is 18.2 Å². The van der Waals surface area contributed by atoms with Crippen molar-refractivity contribution in [2.24, 2.45) is 0 Å². The Morgan fingerprint density at radius 1 is 1.32 bits per heavy atom. The Hall–Kier alpha value is -1.63. The van der Waals surface area contributed by atoms with E-state index < -0.39 is 19.9 Å². The minimum atomic E-state index is -3.93. The topological polar surface area (TPSA) is 130 Å². The molecule has 0 spiro atoms. The molecule has 0 heterocycles. The third kappa shape index (κ3) is 4.51. The lowest BCUT2D eigenvalue weighted by molar-refractivity contribution is 0.582. The number of nitriles is 1. The van der Waals surface area contributed by atoms with Crippen LogP contribution >= 0.6 is 0 Å². The summed E-state index contributed by atoms with van der Waals surface area (Å²) >= 11 is 0. The Morgan fingerprint density at radius 3 is 2.47 bits per heavy atom. The molecule has 9 heteroatoms. The largest absolute Gasteiger partial charge is 0.399 e. The molecule has 104 valence electrons. The summed E-state index contributed by atoms with van der Waals surface area (Å²) in [5.74, 6) is -0.316. The zero-order valence-corrected chi connectivity index (χ0v) is 11.8. The van der Waals surface area contributed by atoms with Gasteiger partial charge in [0.15, 0.2) is 0 Å². The van der Waals surface area contributed by atoms with E-state index >= 15 is 0 Å². The predicted molar refractivity (Wildman–Crippen MR) is 70.5 cm³/mol. The van der Waals surface area contributed by atoms with Gasteiger partial charge in [-0.2, -0.15) is 5.26 Å². The Morgan fingerprint density at radius 2 is 1.95 bits per heavy atom. The molecule has 1 aromatic carbocycles. The second-order valence-electron chi connectivity index (χ2n) is 3.90. The highest BCUT2D eigenvalue weighted by atomic mass is 32.2. The lowest BCUT2D eigenvalue weighted by Gasteiger charge is -2.08. The molecular weight excluding hydrogens is 290 g/mol. The summed E-state index contributed by atoms with van der Waals surface area (Å²) in [4.78, 5) is -0.224. The summed E-state index contributed by atoms with van der Waals surface area (Å²) in [6.45, 7) is -0.254. The highest BCUT2D eigenvalue weighted by Gasteiger charge is 2.19. The minimum Gasteiger partial charge on any atom is -0.399 e. The van der Waals surface area contributed by atoms with E-state index in [0.717, 1.165) is 6.26 Å². The summed E-state index contributed by atoms with van der Waals surface area (Å²) in [6.07, 6.45) is 1.01. The van der Waals surface area contributed by atoms with Crippen LogP contribution in [-0.2, 0) is 19.9 Å². The van der Waals surface area contributed by atoms with E-state index in [-0.39, 0.29) is 28.4 Å². The van der Waals surface area contributed by atoms with Crippen molar-refractivity contribution in [2.75, 3.05) is 24.3 Å². The predicted octanol–water partition coefficient (Wildman–Crippen LogP) is -0.537. The van der Waals surface area contributed by atoms with Gasteiger partial charge in [-0.15, -0.1) is 0 Å². The standard InChI is InChI=1S/C10H13N3O4S2/c1-18(14,15)5-4-13-19(16,17)10-3-2-9(12)6-8(10)7-11/h2-3,6,13H,4-5,12H2,1H3. The molecule has 1 aromatic rings. The first kappa shape index (κ1) is 15.4. The van der Waals surface area contributed by atoms with Crippen LogP contribution in [-0.4, -0.2) is 35.4 Å². The number of sulfone groups is 1. The van der Waals surface area contributed by atoms with Gasteiger partial charge in [-0.25, -0.2) is 21.6 Å². The number of nitrogens with zero attached hydrogens (tertiary/aromatic N) is 1. The Bertz CT molecular complexity index is 718. The van der Waals surface area contributed by atoms with E-state index in [1.807, 2.05) is 0 Å². The van der Waals surface area contributed by atoms with Gasteiger partial charge >= 0.3 is 0 Å². The van der Waals surface area contributed by atoms with E-state index in [1.54, 1.807) is 6.07 Å². The molecule has 3 N–H and O–H groups in total. The van der Waals surface area contributed by atoms with Crippen molar-refractivity contribution in [2.45, 2.75) is 4.90 Å². The van der Waals surface area contributed by atoms with Crippen LogP contribution in [0.15, 0.2) is 23.1 Å².